The maximum atomic E-state index is 5.36. The first-order valence-corrected chi connectivity index (χ1v) is 7.94. The van der Waals surface area contributed by atoms with Crippen molar-refractivity contribution in [1.82, 2.24) is 14.5 Å². The Labute approximate surface area is 124 Å². The number of hydrogen-bond acceptors (Lipinski definition) is 6. The van der Waals surface area contributed by atoms with E-state index in [1.807, 2.05) is 0 Å². The molecule has 2 heterocycles. The Morgan fingerprint density at radius 1 is 1.25 bits per heavy atom. The minimum absolute atomic E-state index is 0.578. The third-order valence-electron chi connectivity index (χ3n) is 3.08. The van der Waals surface area contributed by atoms with Crippen LogP contribution < -0.4 is 5.32 Å². The molecule has 2 rings (SSSR count). The van der Waals surface area contributed by atoms with Crippen molar-refractivity contribution >= 4 is 16.7 Å². The van der Waals surface area contributed by atoms with Crippen molar-refractivity contribution in [2.24, 2.45) is 5.92 Å². The second-order valence-electron chi connectivity index (χ2n) is 5.21. The summed E-state index contributed by atoms with van der Waals surface area (Å²) in [4.78, 5) is 4.51. The van der Waals surface area contributed by atoms with Crippen LogP contribution in [0, 0.1) is 5.92 Å². The molecule has 110 valence electrons. The van der Waals surface area contributed by atoms with E-state index in [0.29, 0.717) is 12.5 Å². The van der Waals surface area contributed by atoms with Gasteiger partial charge in [0.1, 0.15) is 11.6 Å². The highest BCUT2D eigenvalue weighted by Crippen LogP contribution is 2.19. The summed E-state index contributed by atoms with van der Waals surface area (Å²) in [6.45, 7) is 9.21. The Morgan fingerprint density at radius 3 is 2.70 bits per heavy atom. The second-order valence-corrected chi connectivity index (χ2v) is 5.96. The first-order chi connectivity index (χ1) is 9.63. The van der Waals surface area contributed by atoms with E-state index in [1.165, 1.54) is 11.5 Å². The lowest BCUT2D eigenvalue weighted by atomic mass is 10.1. The molecule has 0 amide bonds. The van der Waals surface area contributed by atoms with Crippen molar-refractivity contribution in [3.8, 4) is 0 Å². The normalized spacial score (nSPS) is 11.2. The van der Waals surface area contributed by atoms with E-state index in [-0.39, 0.29) is 0 Å². The summed E-state index contributed by atoms with van der Waals surface area (Å²) in [6.07, 6.45) is 2.67. The molecule has 0 aliphatic rings. The van der Waals surface area contributed by atoms with E-state index < -0.39 is 0 Å². The van der Waals surface area contributed by atoms with Gasteiger partial charge in [-0.25, -0.2) is 4.98 Å². The van der Waals surface area contributed by atoms with Gasteiger partial charge in [0.15, 0.2) is 0 Å². The molecule has 2 aromatic heterocycles. The predicted octanol–water partition coefficient (Wildman–Crippen LogP) is 3.46. The highest BCUT2D eigenvalue weighted by Gasteiger charge is 2.14. The summed E-state index contributed by atoms with van der Waals surface area (Å²) in [5.41, 5.74) is 2.19. The number of nitrogens with zero attached hydrogens (tertiary/aromatic N) is 3. The summed E-state index contributed by atoms with van der Waals surface area (Å²) in [7, 11) is 0. The van der Waals surface area contributed by atoms with Crippen molar-refractivity contribution in [2.45, 2.75) is 53.5 Å². The third-order valence-corrected chi connectivity index (χ3v) is 3.79. The SMILES string of the molecule is CCc1noc(CC)c1CNc1nc(CC(C)C)ns1. The maximum Gasteiger partial charge on any atom is 0.202 e. The van der Waals surface area contributed by atoms with Crippen molar-refractivity contribution in [2.75, 3.05) is 5.32 Å². The van der Waals surface area contributed by atoms with Gasteiger partial charge < -0.3 is 9.84 Å². The third kappa shape index (κ3) is 3.56. The van der Waals surface area contributed by atoms with Crippen LogP contribution >= 0.6 is 11.5 Å². The summed E-state index contributed by atoms with van der Waals surface area (Å²) in [5.74, 6) is 2.46. The van der Waals surface area contributed by atoms with Crippen LogP contribution in [0.2, 0.25) is 0 Å². The first kappa shape index (κ1) is 15.0. The van der Waals surface area contributed by atoms with E-state index in [0.717, 1.165) is 47.2 Å². The van der Waals surface area contributed by atoms with Crippen molar-refractivity contribution in [3.63, 3.8) is 0 Å². The molecule has 0 saturated heterocycles. The lowest BCUT2D eigenvalue weighted by molar-refractivity contribution is 0.380. The standard InChI is InChI=1S/C14H22N4OS/c1-5-11-10(12(6-2)19-17-11)8-15-14-16-13(18-20-14)7-9(3)4/h9H,5-8H2,1-4H3,(H,15,16,18). The molecule has 0 fully saturated rings. The Morgan fingerprint density at radius 2 is 2.05 bits per heavy atom. The lowest BCUT2D eigenvalue weighted by Crippen LogP contribution is -2.03. The quantitative estimate of drug-likeness (QED) is 0.847. The Kier molecular flexibility index (Phi) is 5.11. The fourth-order valence-corrected chi connectivity index (χ4v) is 2.67. The fourth-order valence-electron chi connectivity index (χ4n) is 2.08. The Balaban J connectivity index is 2.01. The van der Waals surface area contributed by atoms with Crippen LogP contribution in [0.5, 0.6) is 0 Å². The van der Waals surface area contributed by atoms with Gasteiger partial charge in [0.05, 0.1) is 5.69 Å². The molecule has 20 heavy (non-hydrogen) atoms. The van der Waals surface area contributed by atoms with E-state index in [1.54, 1.807) is 0 Å². The number of aryl methyl sites for hydroxylation is 2. The summed E-state index contributed by atoms with van der Waals surface area (Å²) in [5, 5.41) is 8.32. The van der Waals surface area contributed by atoms with Crippen molar-refractivity contribution in [1.29, 1.82) is 0 Å². The van der Waals surface area contributed by atoms with Gasteiger partial charge in [-0.15, -0.1) is 0 Å². The number of nitrogens with one attached hydrogen (secondary N) is 1. The smallest absolute Gasteiger partial charge is 0.202 e. The highest BCUT2D eigenvalue weighted by atomic mass is 32.1. The van der Waals surface area contributed by atoms with Crippen LogP contribution in [-0.2, 0) is 25.8 Å². The molecule has 0 unspecified atom stereocenters. The summed E-state index contributed by atoms with van der Waals surface area (Å²) in [6, 6.07) is 0. The molecule has 0 spiro atoms. The van der Waals surface area contributed by atoms with Gasteiger partial charge in [-0.1, -0.05) is 32.9 Å². The topological polar surface area (TPSA) is 63.8 Å². The van der Waals surface area contributed by atoms with Crippen molar-refractivity contribution < 1.29 is 4.52 Å². The zero-order valence-corrected chi connectivity index (χ0v) is 13.4. The van der Waals surface area contributed by atoms with Gasteiger partial charge in [-0.3, -0.25) is 0 Å². The van der Waals surface area contributed by atoms with Gasteiger partial charge in [0.2, 0.25) is 5.13 Å². The van der Waals surface area contributed by atoms with E-state index in [9.17, 15) is 0 Å². The molecule has 1 N–H and O–H groups in total. The fraction of sp³-hybridized carbons (Fsp3) is 0.643. The van der Waals surface area contributed by atoms with Gasteiger partial charge >= 0.3 is 0 Å². The van der Waals surface area contributed by atoms with E-state index >= 15 is 0 Å². The molecule has 0 saturated carbocycles. The monoisotopic (exact) mass is 294 g/mol. The Bertz CT molecular complexity index is 526. The average molecular weight is 294 g/mol. The van der Waals surface area contributed by atoms with Gasteiger partial charge in [-0.2, -0.15) is 4.37 Å². The number of hydrogen-bond donors (Lipinski definition) is 1. The molecular weight excluding hydrogens is 272 g/mol. The zero-order valence-electron chi connectivity index (χ0n) is 12.6. The first-order valence-electron chi connectivity index (χ1n) is 7.16. The molecule has 0 aromatic carbocycles. The minimum Gasteiger partial charge on any atom is -0.361 e. The van der Waals surface area contributed by atoms with Crippen LogP contribution in [0.4, 0.5) is 5.13 Å². The second kappa shape index (κ2) is 6.83. The lowest BCUT2D eigenvalue weighted by Gasteiger charge is -2.03. The predicted molar refractivity (Wildman–Crippen MR) is 81.0 cm³/mol. The average Bonchev–Trinajstić information content (AvgIpc) is 3.01. The molecule has 2 aromatic rings. The number of aromatic nitrogens is 3. The summed E-state index contributed by atoms with van der Waals surface area (Å²) >= 11 is 1.42. The molecule has 5 nitrogen and oxygen atoms in total. The summed E-state index contributed by atoms with van der Waals surface area (Å²) < 4.78 is 9.73. The van der Waals surface area contributed by atoms with Crippen LogP contribution in [-0.4, -0.2) is 14.5 Å². The molecule has 0 atom stereocenters. The minimum atomic E-state index is 0.578. The van der Waals surface area contributed by atoms with Crippen LogP contribution in [0.1, 0.15) is 50.5 Å². The van der Waals surface area contributed by atoms with E-state index in [2.05, 4.69) is 47.5 Å². The largest absolute Gasteiger partial charge is 0.361 e. The molecule has 6 heteroatoms. The van der Waals surface area contributed by atoms with E-state index in [4.69, 9.17) is 4.52 Å². The molecule has 0 radical (unpaired) electrons. The van der Waals surface area contributed by atoms with Crippen LogP contribution in [0.25, 0.3) is 0 Å². The number of anilines is 1. The number of rotatable bonds is 7. The van der Waals surface area contributed by atoms with Gasteiger partial charge in [0, 0.05) is 36.5 Å². The Hall–Kier alpha value is -1.43. The van der Waals surface area contributed by atoms with Crippen LogP contribution in [0.3, 0.4) is 0 Å². The zero-order chi connectivity index (χ0) is 14.5. The molecule has 0 bridgehead atoms. The molecular formula is C14H22N4OS. The van der Waals surface area contributed by atoms with Gasteiger partial charge in [-0.05, 0) is 12.3 Å². The van der Waals surface area contributed by atoms with Gasteiger partial charge in [0.25, 0.3) is 0 Å². The van der Waals surface area contributed by atoms with Crippen LogP contribution in [0.15, 0.2) is 4.52 Å². The van der Waals surface area contributed by atoms with Crippen molar-refractivity contribution in [3.05, 3.63) is 22.8 Å². The maximum absolute atomic E-state index is 5.36. The molecule has 0 aliphatic heterocycles. The highest BCUT2D eigenvalue weighted by molar-refractivity contribution is 7.09. The molecule has 0 aliphatic carbocycles.